The first-order chi connectivity index (χ1) is 7.39. The number of carbonyl (C=O) groups is 1. The lowest BCUT2D eigenvalue weighted by Crippen LogP contribution is -2.20. The lowest BCUT2D eigenvalue weighted by atomic mass is 10.1. The fourth-order valence-corrected chi connectivity index (χ4v) is 0.952. The quantitative estimate of drug-likeness (QED) is 0.773. The molecule has 1 rings (SSSR count). The molecule has 0 aromatic carbocycles. The predicted octanol–water partition coefficient (Wildman–Crippen LogP) is 1.25. The zero-order valence-electron chi connectivity index (χ0n) is 7.58. The van der Waals surface area contributed by atoms with Crippen molar-refractivity contribution in [3.63, 3.8) is 0 Å². The summed E-state index contributed by atoms with van der Waals surface area (Å²) in [4.78, 5) is 13.9. The van der Waals surface area contributed by atoms with Crippen molar-refractivity contribution < 1.29 is 22.7 Å². The van der Waals surface area contributed by atoms with E-state index in [1.807, 2.05) is 0 Å². The minimum Gasteiger partial charge on any atom is -0.401 e. The van der Waals surface area contributed by atoms with E-state index in [4.69, 9.17) is 11.0 Å². The third-order valence-corrected chi connectivity index (χ3v) is 1.56. The number of halogens is 3. The second-order valence-corrected chi connectivity index (χ2v) is 2.58. The molecule has 2 N–H and O–H groups in total. The smallest absolute Gasteiger partial charge is 0.401 e. The minimum absolute atomic E-state index is 0.0532. The molecule has 0 spiro atoms. The second kappa shape index (κ2) is 4.06. The van der Waals surface area contributed by atoms with Crippen molar-refractivity contribution >= 4 is 12.1 Å². The highest BCUT2D eigenvalue weighted by Gasteiger charge is 2.34. The zero-order chi connectivity index (χ0) is 12.3. The Morgan fingerprint density at radius 3 is 2.62 bits per heavy atom. The minimum atomic E-state index is -5.01. The van der Waals surface area contributed by atoms with E-state index in [-0.39, 0.29) is 11.8 Å². The first-order valence-electron chi connectivity index (χ1n) is 3.78. The van der Waals surface area contributed by atoms with Gasteiger partial charge in [-0.2, -0.15) is 5.26 Å². The summed E-state index contributed by atoms with van der Waals surface area (Å²) >= 11 is 0. The standard InChI is InChI=1S/C8H4F3N3O2/c9-8(10,11)16-6-5(3-15)4(1-12)2-14-7(6)13/h2-3H,(H2,13,14). The van der Waals surface area contributed by atoms with Gasteiger partial charge >= 0.3 is 6.36 Å². The molecule has 8 heteroatoms. The maximum Gasteiger partial charge on any atom is 0.573 e. The summed E-state index contributed by atoms with van der Waals surface area (Å²) in [5, 5.41) is 8.54. The van der Waals surface area contributed by atoms with E-state index in [2.05, 4.69) is 9.72 Å². The van der Waals surface area contributed by atoms with Gasteiger partial charge in [-0.1, -0.05) is 0 Å². The average molecular weight is 231 g/mol. The number of nitrogen functional groups attached to an aromatic ring is 1. The van der Waals surface area contributed by atoms with Gasteiger partial charge in [0.1, 0.15) is 6.07 Å². The van der Waals surface area contributed by atoms with Crippen LogP contribution in [0.3, 0.4) is 0 Å². The molecule has 0 saturated heterocycles. The number of pyridine rings is 1. The van der Waals surface area contributed by atoms with Crippen LogP contribution in [0.2, 0.25) is 0 Å². The lowest BCUT2D eigenvalue weighted by Gasteiger charge is -2.12. The molecule has 5 nitrogen and oxygen atoms in total. The molecular weight excluding hydrogens is 227 g/mol. The molecule has 1 aromatic rings. The van der Waals surface area contributed by atoms with Crippen molar-refractivity contribution in [3.05, 3.63) is 17.3 Å². The monoisotopic (exact) mass is 231 g/mol. The fraction of sp³-hybridized carbons (Fsp3) is 0.125. The molecule has 0 aliphatic carbocycles. The van der Waals surface area contributed by atoms with Crippen LogP contribution in [0.5, 0.6) is 5.75 Å². The molecule has 0 unspecified atom stereocenters. The topological polar surface area (TPSA) is 89.0 Å². The van der Waals surface area contributed by atoms with Gasteiger partial charge in [0.2, 0.25) is 0 Å². The number of rotatable bonds is 2. The SMILES string of the molecule is N#Cc1cnc(N)c(OC(F)(F)F)c1C=O. The number of anilines is 1. The first-order valence-corrected chi connectivity index (χ1v) is 3.78. The number of hydrogen-bond donors (Lipinski definition) is 1. The summed E-state index contributed by atoms with van der Waals surface area (Å²) in [6.45, 7) is 0. The number of ether oxygens (including phenoxy) is 1. The Labute approximate surface area is 87.3 Å². The summed E-state index contributed by atoms with van der Waals surface area (Å²) in [5.74, 6) is -1.57. The molecule has 0 saturated carbocycles. The van der Waals surface area contributed by atoms with Crippen LogP contribution in [0, 0.1) is 11.3 Å². The summed E-state index contributed by atoms with van der Waals surface area (Å²) < 4.78 is 39.4. The zero-order valence-corrected chi connectivity index (χ0v) is 7.58. The maximum absolute atomic E-state index is 12.0. The number of nitrogens with two attached hydrogens (primary N) is 1. The van der Waals surface area contributed by atoms with Gasteiger partial charge in [0.05, 0.1) is 11.1 Å². The van der Waals surface area contributed by atoms with Gasteiger partial charge in [-0.15, -0.1) is 13.2 Å². The fourth-order valence-electron chi connectivity index (χ4n) is 0.952. The van der Waals surface area contributed by atoms with Gasteiger partial charge in [0.15, 0.2) is 17.9 Å². The van der Waals surface area contributed by atoms with Gasteiger partial charge in [-0.05, 0) is 0 Å². The summed E-state index contributed by atoms with van der Waals surface area (Å²) in [6.07, 6.45) is -4.07. The first kappa shape index (κ1) is 11.8. The van der Waals surface area contributed by atoms with Crippen molar-refractivity contribution in [2.45, 2.75) is 6.36 Å². The molecule has 16 heavy (non-hydrogen) atoms. The van der Waals surface area contributed by atoms with Crippen molar-refractivity contribution in [3.8, 4) is 11.8 Å². The number of alkyl halides is 3. The Kier molecular flexibility index (Phi) is 2.99. The Morgan fingerprint density at radius 1 is 1.56 bits per heavy atom. The number of hydrogen-bond acceptors (Lipinski definition) is 5. The molecule has 1 aromatic heterocycles. The average Bonchev–Trinajstić information content (AvgIpc) is 2.19. The Morgan fingerprint density at radius 2 is 2.19 bits per heavy atom. The van der Waals surface area contributed by atoms with Gasteiger partial charge in [0, 0.05) is 6.20 Å². The summed E-state index contributed by atoms with van der Waals surface area (Å²) in [5.41, 5.74) is 4.20. The highest BCUT2D eigenvalue weighted by molar-refractivity contribution is 5.85. The van der Waals surface area contributed by atoms with Crippen LogP contribution in [0.1, 0.15) is 15.9 Å². The van der Waals surface area contributed by atoms with Crippen LogP contribution >= 0.6 is 0 Å². The molecule has 84 valence electrons. The van der Waals surface area contributed by atoms with Gasteiger partial charge in [-0.25, -0.2) is 4.98 Å². The second-order valence-electron chi connectivity index (χ2n) is 2.58. The lowest BCUT2D eigenvalue weighted by molar-refractivity contribution is -0.274. The van der Waals surface area contributed by atoms with E-state index in [0.29, 0.717) is 0 Å². The van der Waals surface area contributed by atoms with E-state index >= 15 is 0 Å². The third-order valence-electron chi connectivity index (χ3n) is 1.56. The number of aldehydes is 1. The number of aromatic nitrogens is 1. The molecule has 0 atom stereocenters. The van der Waals surface area contributed by atoms with Crippen LogP contribution in [0.15, 0.2) is 6.20 Å². The number of carbonyl (C=O) groups excluding carboxylic acids is 1. The van der Waals surface area contributed by atoms with Crippen LogP contribution in [0.4, 0.5) is 19.0 Å². The maximum atomic E-state index is 12.0. The van der Waals surface area contributed by atoms with Crippen LogP contribution < -0.4 is 10.5 Å². The van der Waals surface area contributed by atoms with Crippen molar-refractivity contribution in [1.82, 2.24) is 4.98 Å². The van der Waals surface area contributed by atoms with Crippen LogP contribution in [-0.4, -0.2) is 17.6 Å². The van der Waals surface area contributed by atoms with E-state index in [9.17, 15) is 18.0 Å². The van der Waals surface area contributed by atoms with Crippen LogP contribution in [-0.2, 0) is 0 Å². The largest absolute Gasteiger partial charge is 0.573 e. The molecular formula is C8H4F3N3O2. The van der Waals surface area contributed by atoms with Gasteiger partial charge < -0.3 is 10.5 Å². The van der Waals surface area contributed by atoms with Crippen molar-refractivity contribution in [2.24, 2.45) is 0 Å². The number of nitriles is 1. The molecule has 1 heterocycles. The van der Waals surface area contributed by atoms with Crippen molar-refractivity contribution in [1.29, 1.82) is 5.26 Å². The normalized spacial score (nSPS) is 10.6. The summed E-state index contributed by atoms with van der Waals surface area (Å²) in [7, 11) is 0. The van der Waals surface area contributed by atoms with Crippen LogP contribution in [0.25, 0.3) is 0 Å². The molecule has 0 radical (unpaired) electrons. The van der Waals surface area contributed by atoms with Crippen molar-refractivity contribution in [2.75, 3.05) is 5.73 Å². The Bertz CT molecular complexity index is 465. The van der Waals surface area contributed by atoms with E-state index in [1.54, 1.807) is 0 Å². The number of nitrogens with zero attached hydrogens (tertiary/aromatic N) is 2. The Hall–Kier alpha value is -2.30. The molecule has 0 fully saturated rings. The third kappa shape index (κ3) is 2.38. The van der Waals surface area contributed by atoms with E-state index in [0.717, 1.165) is 6.20 Å². The highest BCUT2D eigenvalue weighted by atomic mass is 19.4. The molecule has 0 bridgehead atoms. The van der Waals surface area contributed by atoms with Gasteiger partial charge in [-0.3, -0.25) is 4.79 Å². The molecule has 0 aliphatic rings. The van der Waals surface area contributed by atoms with E-state index < -0.39 is 23.5 Å². The molecule has 0 aliphatic heterocycles. The van der Waals surface area contributed by atoms with Gasteiger partial charge in [0.25, 0.3) is 0 Å². The Balaban J connectivity index is 3.36. The molecule has 0 amide bonds. The van der Waals surface area contributed by atoms with E-state index in [1.165, 1.54) is 6.07 Å². The predicted molar refractivity (Wildman–Crippen MR) is 45.4 cm³/mol. The summed E-state index contributed by atoms with van der Waals surface area (Å²) in [6, 6.07) is 1.50. The highest BCUT2D eigenvalue weighted by Crippen LogP contribution is 2.31.